The Kier molecular flexibility index (Phi) is 3.74. The summed E-state index contributed by atoms with van der Waals surface area (Å²) in [4.78, 5) is 6.62. The molecule has 13 heavy (non-hydrogen) atoms. The fraction of sp³-hybridized carbons (Fsp3) is 0.545. The molecule has 2 nitrogen and oxygen atoms in total. The van der Waals surface area contributed by atoms with Crippen LogP contribution in [0.5, 0.6) is 0 Å². The van der Waals surface area contributed by atoms with Gasteiger partial charge in [0, 0.05) is 30.7 Å². The SMILES string of the molecule is CCc1cc(N(CC)CC)ccn1. The second-order valence-electron chi connectivity index (χ2n) is 3.03. The average molecular weight is 178 g/mol. The molecule has 0 atom stereocenters. The molecule has 0 amide bonds. The maximum absolute atomic E-state index is 4.28. The largest absolute Gasteiger partial charge is 0.372 e. The number of anilines is 1. The molecule has 0 aliphatic carbocycles. The molecule has 1 rings (SSSR count). The molecule has 1 aromatic heterocycles. The Labute approximate surface area is 80.6 Å². The van der Waals surface area contributed by atoms with E-state index in [9.17, 15) is 0 Å². The van der Waals surface area contributed by atoms with Crippen LogP contribution in [0.3, 0.4) is 0 Å². The average Bonchev–Trinajstić information content (AvgIpc) is 2.20. The minimum absolute atomic E-state index is 1.01. The van der Waals surface area contributed by atoms with E-state index in [1.54, 1.807) is 0 Å². The van der Waals surface area contributed by atoms with Gasteiger partial charge in [0.05, 0.1) is 0 Å². The quantitative estimate of drug-likeness (QED) is 0.704. The van der Waals surface area contributed by atoms with Gasteiger partial charge in [0.2, 0.25) is 0 Å². The second kappa shape index (κ2) is 4.85. The number of aromatic nitrogens is 1. The Morgan fingerprint density at radius 1 is 1.23 bits per heavy atom. The normalized spacial score (nSPS) is 10.1. The van der Waals surface area contributed by atoms with Gasteiger partial charge in [-0.3, -0.25) is 4.98 Å². The van der Waals surface area contributed by atoms with Crippen molar-refractivity contribution in [2.24, 2.45) is 0 Å². The monoisotopic (exact) mass is 178 g/mol. The van der Waals surface area contributed by atoms with Crippen LogP contribution < -0.4 is 4.90 Å². The van der Waals surface area contributed by atoms with Crippen molar-refractivity contribution in [3.63, 3.8) is 0 Å². The van der Waals surface area contributed by atoms with Gasteiger partial charge in [0.15, 0.2) is 0 Å². The van der Waals surface area contributed by atoms with Crippen LogP contribution in [0.25, 0.3) is 0 Å². The van der Waals surface area contributed by atoms with Crippen molar-refractivity contribution < 1.29 is 0 Å². The highest BCUT2D eigenvalue weighted by atomic mass is 15.1. The standard InChI is InChI=1S/C11H18N2/c1-4-10-9-11(7-8-12-10)13(5-2)6-3/h7-9H,4-6H2,1-3H3. The van der Waals surface area contributed by atoms with E-state index in [4.69, 9.17) is 0 Å². The molecule has 0 spiro atoms. The molecule has 0 N–H and O–H groups in total. The van der Waals surface area contributed by atoms with Crippen LogP contribution in [0, 0.1) is 0 Å². The van der Waals surface area contributed by atoms with Gasteiger partial charge in [-0.15, -0.1) is 0 Å². The first kappa shape index (κ1) is 10.0. The summed E-state index contributed by atoms with van der Waals surface area (Å²) in [6, 6.07) is 4.25. The number of aryl methyl sites for hydroxylation is 1. The van der Waals surface area contributed by atoms with Gasteiger partial charge in [-0.05, 0) is 32.4 Å². The van der Waals surface area contributed by atoms with Crippen molar-refractivity contribution in [3.05, 3.63) is 24.0 Å². The summed E-state index contributed by atoms with van der Waals surface area (Å²) in [7, 11) is 0. The zero-order valence-corrected chi connectivity index (χ0v) is 8.75. The summed E-state index contributed by atoms with van der Waals surface area (Å²) in [5, 5.41) is 0. The molecule has 0 aliphatic rings. The van der Waals surface area contributed by atoms with Crippen molar-refractivity contribution in [1.82, 2.24) is 4.98 Å². The Morgan fingerprint density at radius 3 is 2.46 bits per heavy atom. The van der Waals surface area contributed by atoms with Gasteiger partial charge in [0.25, 0.3) is 0 Å². The van der Waals surface area contributed by atoms with Crippen molar-refractivity contribution in [3.8, 4) is 0 Å². The Balaban J connectivity index is 2.86. The van der Waals surface area contributed by atoms with Gasteiger partial charge >= 0.3 is 0 Å². The summed E-state index contributed by atoms with van der Waals surface area (Å²) < 4.78 is 0. The molecule has 0 saturated heterocycles. The third kappa shape index (κ3) is 2.44. The minimum atomic E-state index is 1.01. The number of rotatable bonds is 4. The van der Waals surface area contributed by atoms with Gasteiger partial charge in [-0.1, -0.05) is 6.92 Å². The molecule has 0 aliphatic heterocycles. The molecule has 0 radical (unpaired) electrons. The third-order valence-corrected chi connectivity index (χ3v) is 2.29. The molecule has 1 heterocycles. The highest BCUT2D eigenvalue weighted by Gasteiger charge is 2.01. The predicted octanol–water partition coefficient (Wildman–Crippen LogP) is 2.49. The van der Waals surface area contributed by atoms with Crippen molar-refractivity contribution in [2.45, 2.75) is 27.2 Å². The minimum Gasteiger partial charge on any atom is -0.372 e. The second-order valence-corrected chi connectivity index (χ2v) is 3.03. The molecular weight excluding hydrogens is 160 g/mol. The number of hydrogen-bond acceptors (Lipinski definition) is 2. The van der Waals surface area contributed by atoms with E-state index in [1.165, 1.54) is 11.4 Å². The van der Waals surface area contributed by atoms with Gasteiger partial charge < -0.3 is 4.90 Å². The van der Waals surface area contributed by atoms with Crippen molar-refractivity contribution >= 4 is 5.69 Å². The lowest BCUT2D eigenvalue weighted by atomic mass is 10.2. The molecule has 1 aromatic rings. The molecule has 0 fully saturated rings. The van der Waals surface area contributed by atoms with Crippen LogP contribution in [-0.4, -0.2) is 18.1 Å². The van der Waals surface area contributed by atoms with E-state index in [1.807, 2.05) is 6.20 Å². The highest BCUT2D eigenvalue weighted by molar-refractivity contribution is 5.46. The van der Waals surface area contributed by atoms with Gasteiger partial charge in [0.1, 0.15) is 0 Å². The van der Waals surface area contributed by atoms with E-state index in [0.29, 0.717) is 0 Å². The number of hydrogen-bond donors (Lipinski definition) is 0. The summed E-state index contributed by atoms with van der Waals surface area (Å²) >= 11 is 0. The fourth-order valence-electron chi connectivity index (χ4n) is 1.44. The maximum Gasteiger partial charge on any atom is 0.0421 e. The van der Waals surface area contributed by atoms with Crippen LogP contribution >= 0.6 is 0 Å². The van der Waals surface area contributed by atoms with Crippen LogP contribution in [0.2, 0.25) is 0 Å². The molecule has 0 bridgehead atoms. The summed E-state index contributed by atoms with van der Waals surface area (Å²) in [6.45, 7) is 8.60. The fourth-order valence-corrected chi connectivity index (χ4v) is 1.44. The molecule has 0 unspecified atom stereocenters. The predicted molar refractivity (Wildman–Crippen MR) is 57.2 cm³/mol. The lowest BCUT2D eigenvalue weighted by molar-refractivity contribution is 0.860. The van der Waals surface area contributed by atoms with Crippen LogP contribution in [-0.2, 0) is 6.42 Å². The zero-order chi connectivity index (χ0) is 9.68. The maximum atomic E-state index is 4.28. The van der Waals surface area contributed by atoms with E-state index in [0.717, 1.165) is 19.5 Å². The third-order valence-electron chi connectivity index (χ3n) is 2.29. The Morgan fingerprint density at radius 2 is 1.92 bits per heavy atom. The molecule has 2 heteroatoms. The van der Waals surface area contributed by atoms with Crippen LogP contribution in [0.4, 0.5) is 5.69 Å². The van der Waals surface area contributed by atoms with Crippen LogP contribution in [0.1, 0.15) is 26.5 Å². The smallest absolute Gasteiger partial charge is 0.0421 e. The van der Waals surface area contributed by atoms with Gasteiger partial charge in [-0.25, -0.2) is 0 Å². The zero-order valence-electron chi connectivity index (χ0n) is 8.75. The van der Waals surface area contributed by atoms with Crippen molar-refractivity contribution in [1.29, 1.82) is 0 Å². The van der Waals surface area contributed by atoms with E-state index >= 15 is 0 Å². The summed E-state index contributed by atoms with van der Waals surface area (Å²) in [5.41, 5.74) is 2.46. The van der Waals surface area contributed by atoms with E-state index in [-0.39, 0.29) is 0 Å². The van der Waals surface area contributed by atoms with E-state index in [2.05, 4.69) is 42.8 Å². The van der Waals surface area contributed by atoms with E-state index < -0.39 is 0 Å². The summed E-state index contributed by atoms with van der Waals surface area (Å²) in [6.07, 6.45) is 2.90. The first-order valence-corrected chi connectivity index (χ1v) is 5.01. The molecular formula is C11H18N2. The summed E-state index contributed by atoms with van der Waals surface area (Å²) in [5.74, 6) is 0. The molecule has 72 valence electrons. The number of pyridine rings is 1. The van der Waals surface area contributed by atoms with Crippen molar-refractivity contribution in [2.75, 3.05) is 18.0 Å². The highest BCUT2D eigenvalue weighted by Crippen LogP contribution is 2.13. The Bertz CT molecular complexity index is 254. The van der Waals surface area contributed by atoms with Gasteiger partial charge in [-0.2, -0.15) is 0 Å². The first-order valence-electron chi connectivity index (χ1n) is 5.01. The topological polar surface area (TPSA) is 16.1 Å². The number of nitrogens with zero attached hydrogens (tertiary/aromatic N) is 2. The lowest BCUT2D eigenvalue weighted by Crippen LogP contribution is -2.21. The first-order chi connectivity index (χ1) is 6.31. The lowest BCUT2D eigenvalue weighted by Gasteiger charge is -2.21. The molecule has 0 saturated carbocycles. The van der Waals surface area contributed by atoms with Crippen LogP contribution in [0.15, 0.2) is 18.3 Å². The molecule has 0 aromatic carbocycles. The Hall–Kier alpha value is -1.05.